The van der Waals surface area contributed by atoms with E-state index in [1.807, 2.05) is 5.32 Å². The van der Waals surface area contributed by atoms with Crippen molar-refractivity contribution in [3.63, 3.8) is 0 Å². The van der Waals surface area contributed by atoms with Crippen molar-refractivity contribution in [3.8, 4) is 0 Å². The van der Waals surface area contributed by atoms with Gasteiger partial charge in [0.1, 0.15) is 12.1 Å². The second-order valence-corrected chi connectivity index (χ2v) is 6.97. The maximum atomic E-state index is 12.2. The third-order valence-electron chi connectivity index (χ3n) is 3.93. The van der Waals surface area contributed by atoms with Crippen LogP contribution in [0.4, 0.5) is 0 Å². The standard InChI is InChI=1S/C18H29N3O9/c1-10(2)16(27)19-7-5-3-4-6-13(22)20-11(8-14(23)24)17(28)21-12(18(29)30)9-15(25)26/h10-12H,3-9H2,1-2H3,(H,19,27)(H,20,22)(H,21,28)(H,23,24)(H,25,26)(H,29,30)/t11-,12-/m0/s1. The summed E-state index contributed by atoms with van der Waals surface area (Å²) >= 11 is 0. The highest BCUT2D eigenvalue weighted by Gasteiger charge is 2.29. The Hall–Kier alpha value is -3.18. The predicted molar refractivity (Wildman–Crippen MR) is 102 cm³/mol. The maximum absolute atomic E-state index is 12.2. The van der Waals surface area contributed by atoms with Crippen LogP contribution in [0.2, 0.25) is 0 Å². The van der Waals surface area contributed by atoms with Crippen molar-refractivity contribution in [2.45, 2.75) is 64.5 Å². The molecule has 0 radical (unpaired) electrons. The molecule has 2 atom stereocenters. The summed E-state index contributed by atoms with van der Waals surface area (Å²) in [5, 5.41) is 33.4. The van der Waals surface area contributed by atoms with E-state index in [0.717, 1.165) is 0 Å². The highest BCUT2D eigenvalue weighted by Crippen LogP contribution is 2.03. The van der Waals surface area contributed by atoms with Gasteiger partial charge in [0, 0.05) is 18.9 Å². The predicted octanol–water partition coefficient (Wildman–Crippen LogP) is -0.677. The number of aliphatic carboxylic acids is 3. The molecule has 0 aliphatic carbocycles. The molecule has 0 unspecified atom stereocenters. The largest absolute Gasteiger partial charge is 0.481 e. The highest BCUT2D eigenvalue weighted by atomic mass is 16.4. The Morgan fingerprint density at radius 2 is 1.30 bits per heavy atom. The number of carbonyl (C=O) groups is 6. The van der Waals surface area contributed by atoms with Crippen molar-refractivity contribution in [1.82, 2.24) is 16.0 Å². The van der Waals surface area contributed by atoms with Gasteiger partial charge in [-0.25, -0.2) is 4.79 Å². The van der Waals surface area contributed by atoms with Crippen LogP contribution in [0.5, 0.6) is 0 Å². The van der Waals surface area contributed by atoms with Crippen LogP contribution in [0.1, 0.15) is 52.4 Å². The van der Waals surface area contributed by atoms with Crippen molar-refractivity contribution in [2.24, 2.45) is 5.92 Å². The molecule has 0 fully saturated rings. The number of carboxylic acid groups (broad SMARTS) is 3. The summed E-state index contributed by atoms with van der Waals surface area (Å²) in [5.74, 6) is -6.37. The average Bonchev–Trinajstić information content (AvgIpc) is 2.62. The van der Waals surface area contributed by atoms with E-state index in [4.69, 9.17) is 15.3 Å². The van der Waals surface area contributed by atoms with Gasteiger partial charge in [0.25, 0.3) is 0 Å². The van der Waals surface area contributed by atoms with E-state index in [2.05, 4.69) is 10.6 Å². The zero-order valence-electron chi connectivity index (χ0n) is 17.0. The lowest BCUT2D eigenvalue weighted by Gasteiger charge is -2.19. The molecule has 0 saturated carbocycles. The third-order valence-corrected chi connectivity index (χ3v) is 3.93. The molecule has 0 bridgehead atoms. The van der Waals surface area contributed by atoms with Crippen LogP contribution in [0.25, 0.3) is 0 Å². The zero-order chi connectivity index (χ0) is 23.3. The Bertz CT molecular complexity index is 649. The molecule has 0 aliphatic rings. The molecule has 0 heterocycles. The van der Waals surface area contributed by atoms with Gasteiger partial charge in [-0.2, -0.15) is 0 Å². The van der Waals surface area contributed by atoms with Gasteiger partial charge in [-0.05, 0) is 12.8 Å². The molecule has 12 nitrogen and oxygen atoms in total. The third kappa shape index (κ3) is 12.3. The lowest BCUT2D eigenvalue weighted by atomic mass is 10.1. The van der Waals surface area contributed by atoms with Crippen molar-refractivity contribution in [2.75, 3.05) is 6.54 Å². The molecule has 30 heavy (non-hydrogen) atoms. The summed E-state index contributed by atoms with van der Waals surface area (Å²) in [6, 6.07) is -3.31. The number of rotatable bonds is 15. The van der Waals surface area contributed by atoms with Gasteiger partial charge >= 0.3 is 17.9 Å². The fourth-order valence-corrected chi connectivity index (χ4v) is 2.30. The molecule has 170 valence electrons. The Labute approximate surface area is 173 Å². The van der Waals surface area contributed by atoms with Crippen molar-refractivity contribution in [3.05, 3.63) is 0 Å². The van der Waals surface area contributed by atoms with Crippen molar-refractivity contribution in [1.29, 1.82) is 0 Å². The van der Waals surface area contributed by atoms with Gasteiger partial charge in [0.05, 0.1) is 12.8 Å². The first-order valence-corrected chi connectivity index (χ1v) is 9.47. The van der Waals surface area contributed by atoms with E-state index in [1.165, 1.54) is 0 Å². The lowest BCUT2D eigenvalue weighted by Crippen LogP contribution is -2.52. The minimum Gasteiger partial charge on any atom is -0.481 e. The maximum Gasteiger partial charge on any atom is 0.326 e. The van der Waals surface area contributed by atoms with Crippen molar-refractivity contribution < 1.29 is 44.1 Å². The van der Waals surface area contributed by atoms with E-state index in [-0.39, 0.29) is 18.2 Å². The molecule has 3 amide bonds. The summed E-state index contributed by atoms with van der Waals surface area (Å²) in [5.41, 5.74) is 0. The highest BCUT2D eigenvalue weighted by molar-refractivity contribution is 5.93. The first kappa shape index (κ1) is 26.8. The van der Waals surface area contributed by atoms with Gasteiger partial charge in [0.15, 0.2) is 0 Å². The van der Waals surface area contributed by atoms with Crippen LogP contribution in [0, 0.1) is 5.92 Å². The molecule has 6 N–H and O–H groups in total. The normalized spacial score (nSPS) is 12.5. The van der Waals surface area contributed by atoms with E-state index < -0.39 is 54.6 Å². The molecule has 0 spiro atoms. The molecule has 0 aliphatic heterocycles. The molecule has 0 aromatic carbocycles. The number of nitrogens with one attached hydrogen (secondary N) is 3. The van der Waals surface area contributed by atoms with E-state index in [0.29, 0.717) is 25.8 Å². The van der Waals surface area contributed by atoms with E-state index in [9.17, 15) is 28.8 Å². The smallest absolute Gasteiger partial charge is 0.326 e. The Kier molecular flexibility index (Phi) is 12.4. The minimum absolute atomic E-state index is 0.000981. The van der Waals surface area contributed by atoms with Gasteiger partial charge < -0.3 is 31.3 Å². The lowest BCUT2D eigenvalue weighted by molar-refractivity contribution is -0.148. The summed E-state index contributed by atoms with van der Waals surface area (Å²) in [6.45, 7) is 4.00. The van der Waals surface area contributed by atoms with E-state index in [1.54, 1.807) is 13.8 Å². The fourth-order valence-electron chi connectivity index (χ4n) is 2.30. The monoisotopic (exact) mass is 431 g/mol. The van der Waals surface area contributed by atoms with Crippen LogP contribution >= 0.6 is 0 Å². The number of hydrogen-bond donors (Lipinski definition) is 6. The molecule has 0 saturated heterocycles. The molecule has 12 heteroatoms. The molecule has 0 aromatic rings. The summed E-state index contributed by atoms with van der Waals surface area (Å²) in [7, 11) is 0. The molecule has 0 aromatic heterocycles. The molecular formula is C18H29N3O9. The van der Waals surface area contributed by atoms with Crippen LogP contribution in [0.15, 0.2) is 0 Å². The van der Waals surface area contributed by atoms with Gasteiger partial charge in [-0.1, -0.05) is 20.3 Å². The fraction of sp³-hybridized carbons (Fsp3) is 0.667. The van der Waals surface area contributed by atoms with E-state index >= 15 is 0 Å². The Morgan fingerprint density at radius 1 is 0.733 bits per heavy atom. The molecular weight excluding hydrogens is 402 g/mol. The number of unbranched alkanes of at least 4 members (excludes halogenated alkanes) is 2. The Balaban J connectivity index is 4.56. The van der Waals surface area contributed by atoms with Gasteiger partial charge in [0.2, 0.25) is 17.7 Å². The summed E-state index contributed by atoms with van der Waals surface area (Å²) in [4.78, 5) is 68.2. The summed E-state index contributed by atoms with van der Waals surface area (Å²) in [6.07, 6.45) is -0.0114. The van der Waals surface area contributed by atoms with Crippen LogP contribution in [0.3, 0.4) is 0 Å². The van der Waals surface area contributed by atoms with Crippen LogP contribution in [-0.2, 0) is 28.8 Å². The summed E-state index contributed by atoms with van der Waals surface area (Å²) < 4.78 is 0. The van der Waals surface area contributed by atoms with Crippen LogP contribution < -0.4 is 16.0 Å². The second-order valence-electron chi connectivity index (χ2n) is 6.97. The van der Waals surface area contributed by atoms with Gasteiger partial charge in [-0.15, -0.1) is 0 Å². The van der Waals surface area contributed by atoms with Crippen molar-refractivity contribution >= 4 is 35.6 Å². The number of amides is 3. The van der Waals surface area contributed by atoms with Crippen LogP contribution in [-0.4, -0.2) is 69.6 Å². The van der Waals surface area contributed by atoms with Gasteiger partial charge in [-0.3, -0.25) is 24.0 Å². The Morgan fingerprint density at radius 3 is 1.80 bits per heavy atom. The average molecular weight is 431 g/mol. The minimum atomic E-state index is -1.76. The number of carboxylic acids is 3. The number of hydrogen-bond acceptors (Lipinski definition) is 6. The second kappa shape index (κ2) is 13.9. The zero-order valence-corrected chi connectivity index (χ0v) is 17.0. The molecule has 0 rings (SSSR count). The SMILES string of the molecule is CC(C)C(=O)NCCCCCC(=O)N[C@@H](CC(=O)O)C(=O)N[C@@H](CC(=O)O)C(=O)O. The number of carbonyl (C=O) groups excluding carboxylic acids is 3. The quantitative estimate of drug-likeness (QED) is 0.182. The first-order chi connectivity index (χ1) is 13.9. The topological polar surface area (TPSA) is 199 Å². The first-order valence-electron chi connectivity index (χ1n) is 9.47.